The topological polar surface area (TPSA) is 84.5 Å². The van der Waals surface area contributed by atoms with E-state index in [1.54, 1.807) is 54.6 Å². The summed E-state index contributed by atoms with van der Waals surface area (Å²) in [6.07, 6.45) is 0. The third kappa shape index (κ3) is 5.68. The molecule has 8 heteroatoms. The largest absolute Gasteiger partial charge is 0.495 e. The molecular weight excluding hydrogens is 419 g/mol. The van der Waals surface area contributed by atoms with Crippen molar-refractivity contribution in [3.63, 3.8) is 0 Å². The predicted molar refractivity (Wildman–Crippen MR) is 116 cm³/mol. The third-order valence-corrected chi connectivity index (χ3v) is 6.20. The molecule has 6 nitrogen and oxygen atoms in total. The van der Waals surface area contributed by atoms with Gasteiger partial charge in [0.2, 0.25) is 10.0 Å². The summed E-state index contributed by atoms with van der Waals surface area (Å²) in [4.78, 5) is 12.5. The number of carbonyl (C=O) groups is 1. The van der Waals surface area contributed by atoms with Crippen LogP contribution in [0.5, 0.6) is 5.75 Å². The van der Waals surface area contributed by atoms with Crippen LogP contribution < -0.4 is 14.8 Å². The van der Waals surface area contributed by atoms with Crippen LogP contribution in [0.15, 0.2) is 77.7 Å². The van der Waals surface area contributed by atoms with Crippen LogP contribution in [0.3, 0.4) is 0 Å². The molecule has 0 aliphatic rings. The number of hydrogen-bond acceptors (Lipinski definition) is 4. The number of carbonyl (C=O) groups excluding carboxylic acids is 1. The van der Waals surface area contributed by atoms with Gasteiger partial charge in [0.05, 0.1) is 13.2 Å². The molecule has 0 unspecified atom stereocenters. The van der Waals surface area contributed by atoms with E-state index in [9.17, 15) is 17.6 Å². The fraction of sp³-hybridized carbons (Fsp3) is 0.174. The number of para-hydroxylation sites is 1. The summed E-state index contributed by atoms with van der Waals surface area (Å²) in [5.41, 5.74) is 1.92. The highest BCUT2D eigenvalue weighted by molar-refractivity contribution is 7.89. The number of benzene rings is 3. The first-order valence-electron chi connectivity index (χ1n) is 9.58. The van der Waals surface area contributed by atoms with Crippen LogP contribution in [0.4, 0.5) is 4.39 Å². The van der Waals surface area contributed by atoms with Crippen molar-refractivity contribution in [1.82, 2.24) is 10.0 Å². The Morgan fingerprint density at radius 1 is 1.00 bits per heavy atom. The normalized spacial score (nSPS) is 12.2. The maximum absolute atomic E-state index is 13.0. The van der Waals surface area contributed by atoms with E-state index in [-0.39, 0.29) is 35.0 Å². The number of sulfonamides is 1. The molecule has 0 bridgehead atoms. The molecular formula is C23H23FN2O4S. The van der Waals surface area contributed by atoms with Crippen LogP contribution in [-0.2, 0) is 16.6 Å². The standard InChI is InChI=1S/C23H23FN2O4S/c1-16(18-11-13-20(24)14-12-18)26-23(27)19-9-7-17(8-10-19)15-25-31(28,29)22-6-4-3-5-21(22)30-2/h3-14,16,25H,15H2,1-2H3,(H,26,27)/t16-/m1/s1. The number of amides is 1. The van der Waals surface area contributed by atoms with Crippen molar-refractivity contribution in [3.8, 4) is 5.75 Å². The fourth-order valence-corrected chi connectivity index (χ4v) is 4.17. The van der Waals surface area contributed by atoms with E-state index in [2.05, 4.69) is 10.0 Å². The second-order valence-corrected chi connectivity index (χ2v) is 8.65. The average molecular weight is 443 g/mol. The molecule has 0 saturated carbocycles. The smallest absolute Gasteiger partial charge is 0.251 e. The van der Waals surface area contributed by atoms with Crippen LogP contribution in [0, 0.1) is 5.82 Å². The number of nitrogens with one attached hydrogen (secondary N) is 2. The Balaban J connectivity index is 1.62. The van der Waals surface area contributed by atoms with Crippen LogP contribution in [-0.4, -0.2) is 21.4 Å². The van der Waals surface area contributed by atoms with Crippen molar-refractivity contribution in [3.05, 3.63) is 95.3 Å². The lowest BCUT2D eigenvalue weighted by molar-refractivity contribution is 0.0940. The van der Waals surface area contributed by atoms with Gasteiger partial charge in [-0.05, 0) is 54.4 Å². The number of rotatable bonds is 8. The van der Waals surface area contributed by atoms with E-state index >= 15 is 0 Å². The summed E-state index contributed by atoms with van der Waals surface area (Å²) in [7, 11) is -2.35. The van der Waals surface area contributed by atoms with Crippen LogP contribution in [0.2, 0.25) is 0 Å². The lowest BCUT2D eigenvalue weighted by Crippen LogP contribution is -2.26. The molecule has 0 heterocycles. The van der Waals surface area contributed by atoms with Crippen molar-refractivity contribution in [2.45, 2.75) is 24.4 Å². The predicted octanol–water partition coefficient (Wildman–Crippen LogP) is 3.80. The molecule has 0 aliphatic heterocycles. The highest BCUT2D eigenvalue weighted by Crippen LogP contribution is 2.22. The maximum atomic E-state index is 13.0. The zero-order valence-corrected chi connectivity index (χ0v) is 17.9. The molecule has 3 rings (SSSR count). The fourth-order valence-electron chi connectivity index (χ4n) is 2.99. The molecule has 3 aromatic rings. The Bertz CT molecular complexity index is 1150. The minimum atomic E-state index is -3.76. The van der Waals surface area contributed by atoms with Gasteiger partial charge in [0.15, 0.2) is 0 Å². The molecule has 0 aromatic heterocycles. The zero-order chi connectivity index (χ0) is 22.4. The number of halogens is 1. The molecule has 0 aliphatic carbocycles. The molecule has 31 heavy (non-hydrogen) atoms. The molecule has 2 N–H and O–H groups in total. The van der Waals surface area contributed by atoms with Crippen molar-refractivity contribution in [2.75, 3.05) is 7.11 Å². The number of ether oxygens (including phenoxy) is 1. The van der Waals surface area contributed by atoms with Gasteiger partial charge < -0.3 is 10.1 Å². The van der Waals surface area contributed by atoms with Crippen LogP contribution >= 0.6 is 0 Å². The highest BCUT2D eigenvalue weighted by Gasteiger charge is 2.18. The third-order valence-electron chi connectivity index (χ3n) is 4.76. The van der Waals surface area contributed by atoms with E-state index in [0.29, 0.717) is 11.1 Å². The summed E-state index contributed by atoms with van der Waals surface area (Å²) in [6.45, 7) is 1.88. The van der Waals surface area contributed by atoms with E-state index in [1.165, 1.54) is 25.3 Å². The number of methoxy groups -OCH3 is 1. The summed E-state index contributed by atoms with van der Waals surface area (Å²) >= 11 is 0. The van der Waals surface area contributed by atoms with Gasteiger partial charge in [0.25, 0.3) is 5.91 Å². The average Bonchev–Trinajstić information content (AvgIpc) is 2.78. The lowest BCUT2D eigenvalue weighted by atomic mass is 10.1. The van der Waals surface area contributed by atoms with Crippen LogP contribution in [0.1, 0.15) is 34.5 Å². The van der Waals surface area contributed by atoms with Gasteiger partial charge >= 0.3 is 0 Å². The SMILES string of the molecule is COc1ccccc1S(=O)(=O)NCc1ccc(C(=O)N[C@H](C)c2ccc(F)cc2)cc1. The van der Waals surface area contributed by atoms with E-state index in [0.717, 1.165) is 5.56 Å². The van der Waals surface area contributed by atoms with Gasteiger partial charge in [0.1, 0.15) is 16.5 Å². The summed E-state index contributed by atoms with van der Waals surface area (Å²) in [5.74, 6) is -0.352. The lowest BCUT2D eigenvalue weighted by Gasteiger charge is -2.15. The summed E-state index contributed by atoms with van der Waals surface area (Å²) in [6, 6.07) is 18.6. The molecule has 0 fully saturated rings. The second-order valence-electron chi connectivity index (χ2n) is 6.92. The van der Waals surface area contributed by atoms with E-state index in [1.807, 2.05) is 6.92 Å². The molecule has 1 atom stereocenters. The Hall–Kier alpha value is -3.23. The van der Waals surface area contributed by atoms with E-state index in [4.69, 9.17) is 4.74 Å². The van der Waals surface area contributed by atoms with Crippen LogP contribution in [0.25, 0.3) is 0 Å². The molecule has 0 spiro atoms. The molecule has 3 aromatic carbocycles. The minimum Gasteiger partial charge on any atom is -0.495 e. The van der Waals surface area contributed by atoms with Crippen molar-refractivity contribution in [2.24, 2.45) is 0 Å². The van der Waals surface area contributed by atoms with Gasteiger partial charge in [0, 0.05) is 12.1 Å². The Kier molecular flexibility index (Phi) is 7.04. The monoisotopic (exact) mass is 442 g/mol. The molecule has 0 saturated heterocycles. The first-order valence-corrected chi connectivity index (χ1v) is 11.1. The second kappa shape index (κ2) is 9.72. The molecule has 1 amide bonds. The van der Waals surface area contributed by atoms with Gasteiger partial charge in [-0.3, -0.25) is 4.79 Å². The van der Waals surface area contributed by atoms with Gasteiger partial charge in [-0.1, -0.05) is 36.4 Å². The summed E-state index contributed by atoms with van der Waals surface area (Å²) < 4.78 is 45.8. The zero-order valence-electron chi connectivity index (χ0n) is 17.1. The van der Waals surface area contributed by atoms with Gasteiger partial charge in [-0.25, -0.2) is 17.5 Å². The first-order chi connectivity index (χ1) is 14.8. The van der Waals surface area contributed by atoms with Gasteiger partial charge in [-0.2, -0.15) is 0 Å². The maximum Gasteiger partial charge on any atom is 0.251 e. The quantitative estimate of drug-likeness (QED) is 0.556. The molecule has 162 valence electrons. The summed E-state index contributed by atoms with van der Waals surface area (Å²) in [5, 5.41) is 2.86. The van der Waals surface area contributed by atoms with Gasteiger partial charge in [-0.15, -0.1) is 0 Å². The Morgan fingerprint density at radius 3 is 2.29 bits per heavy atom. The Morgan fingerprint density at radius 2 is 1.65 bits per heavy atom. The first kappa shape index (κ1) is 22.5. The Labute approximate surface area is 181 Å². The van der Waals surface area contributed by atoms with E-state index < -0.39 is 10.0 Å². The van der Waals surface area contributed by atoms with Crippen molar-refractivity contribution >= 4 is 15.9 Å². The highest BCUT2D eigenvalue weighted by atomic mass is 32.2. The molecule has 0 radical (unpaired) electrons. The van der Waals surface area contributed by atoms with Crippen molar-refractivity contribution < 1.29 is 22.3 Å². The number of hydrogen-bond donors (Lipinski definition) is 2. The minimum absolute atomic E-state index is 0.0586. The van der Waals surface area contributed by atoms with Crippen molar-refractivity contribution in [1.29, 1.82) is 0 Å².